The van der Waals surface area contributed by atoms with Crippen molar-refractivity contribution < 1.29 is 17.6 Å². The molecule has 0 radical (unpaired) electrons. The van der Waals surface area contributed by atoms with E-state index in [0.29, 0.717) is 29.8 Å². The molecule has 0 aliphatic carbocycles. The number of benzene rings is 2. The van der Waals surface area contributed by atoms with Gasteiger partial charge in [-0.15, -0.1) is 0 Å². The molecular formula is C17H16BrFN2O3S. The molecule has 1 amide bonds. The second-order valence-electron chi connectivity index (χ2n) is 5.85. The fourth-order valence-corrected chi connectivity index (χ4v) is 4.18. The lowest BCUT2D eigenvalue weighted by molar-refractivity contribution is 0.0950. The van der Waals surface area contributed by atoms with Gasteiger partial charge in [0.2, 0.25) is 10.0 Å². The normalized spacial score (nSPS) is 13.6. The zero-order valence-corrected chi connectivity index (χ0v) is 15.8. The van der Waals surface area contributed by atoms with Gasteiger partial charge in [0.05, 0.1) is 11.9 Å². The summed E-state index contributed by atoms with van der Waals surface area (Å²) in [5.41, 5.74) is 2.22. The number of halogens is 2. The van der Waals surface area contributed by atoms with Crippen molar-refractivity contribution in [2.45, 2.75) is 13.0 Å². The van der Waals surface area contributed by atoms with Crippen LogP contribution in [-0.4, -0.2) is 27.1 Å². The molecule has 132 valence electrons. The van der Waals surface area contributed by atoms with E-state index in [9.17, 15) is 17.6 Å². The lowest BCUT2D eigenvalue weighted by atomic mass is 10.1. The van der Waals surface area contributed by atoms with Gasteiger partial charge < -0.3 is 5.32 Å². The molecule has 0 fully saturated rings. The van der Waals surface area contributed by atoms with Crippen molar-refractivity contribution in [2.24, 2.45) is 0 Å². The van der Waals surface area contributed by atoms with E-state index in [2.05, 4.69) is 21.2 Å². The van der Waals surface area contributed by atoms with Crippen LogP contribution in [0.1, 0.15) is 21.5 Å². The van der Waals surface area contributed by atoms with Crippen LogP contribution < -0.4 is 9.62 Å². The van der Waals surface area contributed by atoms with E-state index < -0.39 is 10.0 Å². The Morgan fingerprint density at radius 2 is 2.04 bits per heavy atom. The largest absolute Gasteiger partial charge is 0.348 e. The van der Waals surface area contributed by atoms with Gasteiger partial charge in [-0.2, -0.15) is 0 Å². The van der Waals surface area contributed by atoms with Crippen molar-refractivity contribution >= 4 is 37.5 Å². The van der Waals surface area contributed by atoms with Gasteiger partial charge in [-0.05, 0) is 48.4 Å². The monoisotopic (exact) mass is 426 g/mol. The molecule has 2 aromatic carbocycles. The first-order valence-corrected chi connectivity index (χ1v) is 10.2. The van der Waals surface area contributed by atoms with Gasteiger partial charge in [-0.1, -0.05) is 15.9 Å². The summed E-state index contributed by atoms with van der Waals surface area (Å²) in [6.07, 6.45) is 1.72. The summed E-state index contributed by atoms with van der Waals surface area (Å²) in [4.78, 5) is 12.3. The summed E-state index contributed by atoms with van der Waals surface area (Å²) in [5.74, 6) is -0.721. The van der Waals surface area contributed by atoms with Crippen molar-refractivity contribution in [1.82, 2.24) is 5.32 Å². The number of hydrogen-bond donors (Lipinski definition) is 1. The molecule has 0 bridgehead atoms. The molecule has 1 aliphatic heterocycles. The lowest BCUT2D eigenvalue weighted by Crippen LogP contribution is -2.27. The third kappa shape index (κ3) is 3.85. The highest BCUT2D eigenvalue weighted by Crippen LogP contribution is 2.30. The first-order valence-electron chi connectivity index (χ1n) is 7.58. The predicted molar refractivity (Wildman–Crippen MR) is 97.6 cm³/mol. The summed E-state index contributed by atoms with van der Waals surface area (Å²) < 4.78 is 39.3. The zero-order chi connectivity index (χ0) is 18.2. The smallest absolute Gasteiger partial charge is 0.251 e. The molecule has 0 aromatic heterocycles. The van der Waals surface area contributed by atoms with Crippen LogP contribution in [0.3, 0.4) is 0 Å². The van der Waals surface area contributed by atoms with Gasteiger partial charge in [0.15, 0.2) is 0 Å². The number of amides is 1. The molecule has 2 aromatic rings. The molecule has 8 heteroatoms. The van der Waals surface area contributed by atoms with Gasteiger partial charge >= 0.3 is 0 Å². The van der Waals surface area contributed by atoms with Gasteiger partial charge in [0.25, 0.3) is 5.91 Å². The molecule has 1 heterocycles. The number of nitrogens with zero attached hydrogens (tertiary/aromatic N) is 1. The SMILES string of the molecule is CS(=O)(=O)N1CCc2cc(C(=O)NCc3cc(Br)ccc3F)ccc21. The third-order valence-electron chi connectivity index (χ3n) is 4.04. The highest BCUT2D eigenvalue weighted by molar-refractivity contribution is 9.10. The van der Waals surface area contributed by atoms with Crippen LogP contribution in [0.2, 0.25) is 0 Å². The van der Waals surface area contributed by atoms with E-state index in [1.54, 1.807) is 30.3 Å². The van der Waals surface area contributed by atoms with Gasteiger partial charge in [-0.3, -0.25) is 9.10 Å². The number of sulfonamides is 1. The van der Waals surface area contributed by atoms with Gasteiger partial charge in [-0.25, -0.2) is 12.8 Å². The molecule has 5 nitrogen and oxygen atoms in total. The Morgan fingerprint density at radius 3 is 2.76 bits per heavy atom. The van der Waals surface area contributed by atoms with Crippen molar-refractivity contribution in [3.8, 4) is 0 Å². The van der Waals surface area contributed by atoms with E-state index in [0.717, 1.165) is 16.3 Å². The highest BCUT2D eigenvalue weighted by Gasteiger charge is 2.26. The highest BCUT2D eigenvalue weighted by atomic mass is 79.9. The topological polar surface area (TPSA) is 66.5 Å². The lowest BCUT2D eigenvalue weighted by Gasteiger charge is -2.16. The maximum atomic E-state index is 13.7. The van der Waals surface area contributed by atoms with Crippen LogP contribution in [0.4, 0.5) is 10.1 Å². The average Bonchev–Trinajstić information content (AvgIpc) is 2.98. The predicted octanol–water partition coefficient (Wildman–Crippen LogP) is 2.84. The molecule has 0 saturated carbocycles. The van der Waals surface area contributed by atoms with Crippen molar-refractivity contribution in [1.29, 1.82) is 0 Å². The summed E-state index contributed by atoms with van der Waals surface area (Å²) in [5, 5.41) is 2.68. The van der Waals surface area contributed by atoms with E-state index >= 15 is 0 Å². The first-order chi connectivity index (χ1) is 11.8. The Balaban J connectivity index is 1.75. The number of hydrogen-bond acceptors (Lipinski definition) is 3. The van der Waals surface area contributed by atoms with E-state index in [-0.39, 0.29) is 18.3 Å². The molecule has 0 saturated heterocycles. The molecule has 3 rings (SSSR count). The Labute approximate surface area is 154 Å². The summed E-state index contributed by atoms with van der Waals surface area (Å²) in [6, 6.07) is 9.44. The number of fused-ring (bicyclic) bond motifs is 1. The van der Waals surface area contributed by atoms with Crippen LogP contribution in [-0.2, 0) is 23.0 Å². The minimum absolute atomic E-state index is 0.0661. The summed E-state index contributed by atoms with van der Waals surface area (Å²) in [7, 11) is -3.32. The summed E-state index contributed by atoms with van der Waals surface area (Å²) in [6.45, 7) is 0.444. The Bertz CT molecular complexity index is 947. The maximum Gasteiger partial charge on any atom is 0.251 e. The van der Waals surface area contributed by atoms with Gasteiger partial charge in [0.1, 0.15) is 5.82 Å². The first kappa shape index (κ1) is 17.9. The van der Waals surface area contributed by atoms with Gasteiger partial charge in [0, 0.05) is 28.7 Å². The maximum absolute atomic E-state index is 13.7. The van der Waals surface area contributed by atoms with Crippen LogP contribution in [0.25, 0.3) is 0 Å². The third-order valence-corrected chi connectivity index (χ3v) is 5.72. The molecule has 1 N–H and O–H groups in total. The molecule has 0 spiro atoms. The van der Waals surface area contributed by atoms with Crippen LogP contribution in [0.5, 0.6) is 0 Å². The number of carbonyl (C=O) groups is 1. The number of carbonyl (C=O) groups excluding carboxylic acids is 1. The number of nitrogens with one attached hydrogen (secondary N) is 1. The number of anilines is 1. The average molecular weight is 427 g/mol. The minimum Gasteiger partial charge on any atom is -0.348 e. The molecular weight excluding hydrogens is 411 g/mol. The zero-order valence-electron chi connectivity index (χ0n) is 13.4. The standard InChI is InChI=1S/C17H16BrFN2O3S/c1-25(23,24)21-7-6-11-8-12(2-5-16(11)21)17(22)20-10-13-9-14(18)3-4-15(13)19/h2-5,8-9H,6-7,10H2,1H3,(H,20,22). The van der Waals surface area contributed by atoms with Crippen LogP contribution >= 0.6 is 15.9 Å². The summed E-state index contributed by atoms with van der Waals surface area (Å²) >= 11 is 3.27. The molecule has 0 atom stereocenters. The van der Waals surface area contributed by atoms with Crippen molar-refractivity contribution in [3.63, 3.8) is 0 Å². The Morgan fingerprint density at radius 1 is 1.28 bits per heavy atom. The molecule has 0 unspecified atom stereocenters. The minimum atomic E-state index is -3.32. The van der Waals surface area contributed by atoms with Crippen LogP contribution in [0.15, 0.2) is 40.9 Å². The van der Waals surface area contributed by atoms with E-state index in [1.807, 2.05) is 0 Å². The molecule has 25 heavy (non-hydrogen) atoms. The Kier molecular flexibility index (Phi) is 4.83. The quantitative estimate of drug-likeness (QED) is 0.816. The number of rotatable bonds is 4. The second-order valence-corrected chi connectivity index (χ2v) is 8.67. The Hall–Kier alpha value is -1.93. The van der Waals surface area contributed by atoms with Crippen molar-refractivity contribution in [3.05, 3.63) is 63.4 Å². The fraction of sp³-hybridized carbons (Fsp3) is 0.235. The van der Waals surface area contributed by atoms with Crippen LogP contribution in [0, 0.1) is 5.82 Å². The van der Waals surface area contributed by atoms with E-state index in [1.165, 1.54) is 10.4 Å². The van der Waals surface area contributed by atoms with Crippen molar-refractivity contribution in [2.75, 3.05) is 17.1 Å². The second kappa shape index (κ2) is 6.76. The molecule has 1 aliphatic rings. The van der Waals surface area contributed by atoms with E-state index in [4.69, 9.17) is 0 Å². The fourth-order valence-electron chi connectivity index (χ4n) is 2.81.